The molecule has 0 spiro atoms. The Morgan fingerprint density at radius 3 is 2.37 bits per heavy atom. The molecule has 2 rings (SSSR count). The van der Waals surface area contributed by atoms with Crippen molar-refractivity contribution in [2.75, 3.05) is 19.6 Å². The van der Waals surface area contributed by atoms with E-state index >= 15 is 0 Å². The van der Waals surface area contributed by atoms with E-state index in [1.165, 1.54) is 0 Å². The minimum absolute atomic E-state index is 0.321. The summed E-state index contributed by atoms with van der Waals surface area (Å²) in [6, 6.07) is 0.421. The van der Waals surface area contributed by atoms with Gasteiger partial charge in [0.25, 0.3) is 0 Å². The smallest absolute Gasteiger partial charge is 0.222 e. The summed E-state index contributed by atoms with van der Waals surface area (Å²) in [6.07, 6.45) is 7.85. The van der Waals surface area contributed by atoms with E-state index in [1.807, 2.05) is 4.90 Å². The molecule has 2 fully saturated rings. The first-order valence-corrected chi connectivity index (χ1v) is 7.79. The summed E-state index contributed by atoms with van der Waals surface area (Å²) in [5, 5.41) is 0. The Hall–Kier alpha value is -1.06. The number of hydrogen-bond acceptors (Lipinski definition) is 2. The lowest BCUT2D eigenvalue weighted by atomic mass is 10.1. The zero-order valence-electron chi connectivity index (χ0n) is 12.1. The van der Waals surface area contributed by atoms with Gasteiger partial charge in [0.05, 0.1) is 0 Å². The second kappa shape index (κ2) is 6.92. The molecular formula is C15H26N2O2. The molecule has 2 saturated heterocycles. The van der Waals surface area contributed by atoms with Gasteiger partial charge in [-0.15, -0.1) is 0 Å². The first-order chi connectivity index (χ1) is 9.22. The fourth-order valence-corrected chi connectivity index (χ4v) is 3.26. The molecule has 2 aliphatic rings. The molecule has 0 saturated carbocycles. The molecule has 19 heavy (non-hydrogen) atoms. The van der Waals surface area contributed by atoms with E-state index in [-0.39, 0.29) is 0 Å². The van der Waals surface area contributed by atoms with E-state index in [1.54, 1.807) is 0 Å². The fraction of sp³-hybridized carbons (Fsp3) is 0.867. The molecule has 0 aromatic rings. The van der Waals surface area contributed by atoms with E-state index in [4.69, 9.17) is 0 Å². The van der Waals surface area contributed by atoms with Gasteiger partial charge >= 0.3 is 0 Å². The number of likely N-dealkylation sites (tertiary alicyclic amines) is 2. The maximum absolute atomic E-state index is 11.7. The van der Waals surface area contributed by atoms with Gasteiger partial charge in [-0.25, -0.2) is 0 Å². The number of hydrogen-bond donors (Lipinski definition) is 0. The van der Waals surface area contributed by atoms with E-state index in [9.17, 15) is 9.59 Å². The second-order valence-electron chi connectivity index (χ2n) is 5.73. The molecule has 1 unspecified atom stereocenters. The van der Waals surface area contributed by atoms with Crippen LogP contribution >= 0.6 is 0 Å². The van der Waals surface area contributed by atoms with Crippen LogP contribution in [-0.4, -0.2) is 47.3 Å². The number of carbonyl (C=O) groups excluding carboxylic acids is 2. The highest BCUT2D eigenvalue weighted by molar-refractivity contribution is 5.78. The van der Waals surface area contributed by atoms with E-state index in [0.29, 0.717) is 17.9 Å². The summed E-state index contributed by atoms with van der Waals surface area (Å²) in [7, 11) is 0. The van der Waals surface area contributed by atoms with Crippen molar-refractivity contribution in [1.82, 2.24) is 9.80 Å². The second-order valence-corrected chi connectivity index (χ2v) is 5.73. The lowest BCUT2D eigenvalue weighted by Gasteiger charge is -2.27. The summed E-state index contributed by atoms with van der Waals surface area (Å²) in [4.78, 5) is 27.3. The van der Waals surface area contributed by atoms with Crippen LogP contribution in [0.2, 0.25) is 0 Å². The highest BCUT2D eigenvalue weighted by Crippen LogP contribution is 2.20. The van der Waals surface area contributed by atoms with Crippen LogP contribution in [-0.2, 0) is 9.59 Å². The zero-order valence-corrected chi connectivity index (χ0v) is 12.1. The van der Waals surface area contributed by atoms with Crippen molar-refractivity contribution in [3.8, 4) is 0 Å². The summed E-state index contributed by atoms with van der Waals surface area (Å²) < 4.78 is 0. The lowest BCUT2D eigenvalue weighted by molar-refractivity contribution is -0.130. The number of rotatable bonds is 7. The topological polar surface area (TPSA) is 40.6 Å². The molecule has 0 N–H and O–H groups in total. The molecule has 0 radical (unpaired) electrons. The summed E-state index contributed by atoms with van der Waals surface area (Å²) in [5.74, 6) is 0.656. The summed E-state index contributed by atoms with van der Waals surface area (Å²) in [5.41, 5.74) is 0. The van der Waals surface area contributed by atoms with E-state index < -0.39 is 0 Å². The van der Waals surface area contributed by atoms with Gasteiger partial charge < -0.3 is 9.80 Å². The van der Waals surface area contributed by atoms with Crippen molar-refractivity contribution in [2.24, 2.45) is 0 Å². The SMILES string of the molecule is CCC(CCCCN1CCCC1=O)N1CCCC1=O. The molecule has 2 heterocycles. The standard InChI is InChI=1S/C15H26N2O2/c1-2-13(17-12-6-9-15(17)19)7-3-4-10-16-11-5-8-14(16)18/h13H,2-12H2,1H3. The van der Waals surface area contributed by atoms with Gasteiger partial charge in [0.2, 0.25) is 11.8 Å². The average Bonchev–Trinajstić information content (AvgIpc) is 2.99. The molecule has 0 bridgehead atoms. The molecule has 0 aromatic heterocycles. The van der Waals surface area contributed by atoms with Gasteiger partial charge in [-0.2, -0.15) is 0 Å². The molecule has 0 aromatic carbocycles. The van der Waals surface area contributed by atoms with Gasteiger partial charge in [-0.1, -0.05) is 6.92 Å². The quantitative estimate of drug-likeness (QED) is 0.663. The normalized spacial score (nSPS) is 21.5. The van der Waals surface area contributed by atoms with Crippen LogP contribution in [0.1, 0.15) is 58.3 Å². The van der Waals surface area contributed by atoms with Crippen molar-refractivity contribution in [3.05, 3.63) is 0 Å². The van der Waals surface area contributed by atoms with Crippen LogP contribution in [0.25, 0.3) is 0 Å². The minimum atomic E-state index is 0.321. The third kappa shape index (κ3) is 3.71. The van der Waals surface area contributed by atoms with Crippen LogP contribution in [0.15, 0.2) is 0 Å². The largest absolute Gasteiger partial charge is 0.343 e. The van der Waals surface area contributed by atoms with Crippen molar-refractivity contribution in [2.45, 2.75) is 64.3 Å². The third-order valence-corrected chi connectivity index (χ3v) is 4.41. The first-order valence-electron chi connectivity index (χ1n) is 7.79. The Kier molecular flexibility index (Phi) is 5.23. The predicted octanol–water partition coefficient (Wildman–Crippen LogP) is 2.18. The number of nitrogens with zero attached hydrogens (tertiary/aromatic N) is 2. The Morgan fingerprint density at radius 2 is 1.79 bits per heavy atom. The van der Waals surface area contributed by atoms with Gasteiger partial charge in [0.1, 0.15) is 0 Å². The number of unbranched alkanes of at least 4 members (excludes halogenated alkanes) is 1. The summed E-state index contributed by atoms with van der Waals surface area (Å²) in [6.45, 7) is 4.96. The van der Waals surface area contributed by atoms with E-state index in [0.717, 1.165) is 71.0 Å². The Balaban J connectivity index is 1.66. The number of amides is 2. The number of carbonyl (C=O) groups is 2. The molecule has 4 heteroatoms. The molecule has 0 aliphatic carbocycles. The van der Waals surface area contributed by atoms with Gasteiger partial charge in [0.15, 0.2) is 0 Å². The van der Waals surface area contributed by atoms with Crippen LogP contribution in [0.4, 0.5) is 0 Å². The van der Waals surface area contributed by atoms with Crippen molar-refractivity contribution in [1.29, 1.82) is 0 Å². The van der Waals surface area contributed by atoms with Crippen molar-refractivity contribution >= 4 is 11.8 Å². The molecular weight excluding hydrogens is 240 g/mol. The van der Waals surface area contributed by atoms with Crippen LogP contribution in [0.3, 0.4) is 0 Å². The van der Waals surface area contributed by atoms with Gasteiger partial charge in [0, 0.05) is 38.5 Å². The molecule has 1 atom stereocenters. The van der Waals surface area contributed by atoms with Crippen LogP contribution in [0.5, 0.6) is 0 Å². The fourth-order valence-electron chi connectivity index (χ4n) is 3.26. The molecule has 2 aliphatic heterocycles. The molecule has 2 amide bonds. The Morgan fingerprint density at radius 1 is 1.05 bits per heavy atom. The van der Waals surface area contributed by atoms with Crippen LogP contribution in [0, 0.1) is 0 Å². The Labute approximate surface area is 116 Å². The molecule has 108 valence electrons. The van der Waals surface area contributed by atoms with Gasteiger partial charge in [-0.05, 0) is 38.5 Å². The average molecular weight is 266 g/mol. The lowest BCUT2D eigenvalue weighted by Crippen LogP contribution is -2.35. The maximum Gasteiger partial charge on any atom is 0.222 e. The highest BCUT2D eigenvalue weighted by atomic mass is 16.2. The molecule has 4 nitrogen and oxygen atoms in total. The van der Waals surface area contributed by atoms with Gasteiger partial charge in [-0.3, -0.25) is 9.59 Å². The highest BCUT2D eigenvalue weighted by Gasteiger charge is 2.26. The van der Waals surface area contributed by atoms with E-state index in [2.05, 4.69) is 11.8 Å². The maximum atomic E-state index is 11.7. The predicted molar refractivity (Wildman–Crippen MR) is 74.7 cm³/mol. The van der Waals surface area contributed by atoms with Crippen molar-refractivity contribution in [3.63, 3.8) is 0 Å². The monoisotopic (exact) mass is 266 g/mol. The van der Waals surface area contributed by atoms with Crippen molar-refractivity contribution < 1.29 is 9.59 Å². The Bertz CT molecular complexity index is 330. The summed E-state index contributed by atoms with van der Waals surface area (Å²) >= 11 is 0. The third-order valence-electron chi connectivity index (χ3n) is 4.41. The van der Waals surface area contributed by atoms with Crippen LogP contribution < -0.4 is 0 Å². The minimum Gasteiger partial charge on any atom is -0.343 e. The zero-order chi connectivity index (χ0) is 13.7. The first kappa shape index (κ1) is 14.4.